The molecule has 1 saturated heterocycles. The average molecular weight is 504 g/mol. The highest BCUT2D eigenvalue weighted by Gasteiger charge is 2.15. The number of nitrogens with zero attached hydrogens (tertiary/aromatic N) is 4. The van der Waals surface area contributed by atoms with Gasteiger partial charge in [0.25, 0.3) is 0 Å². The first-order chi connectivity index (χ1) is 18.1. The number of hydrogen-bond acceptors (Lipinski definition) is 8. The van der Waals surface area contributed by atoms with E-state index in [0.717, 1.165) is 62.4 Å². The van der Waals surface area contributed by atoms with E-state index in [-0.39, 0.29) is 12.4 Å². The Morgan fingerprint density at radius 2 is 1.65 bits per heavy atom. The molecule has 196 valence electrons. The fourth-order valence-corrected chi connectivity index (χ4v) is 4.47. The maximum Gasteiger partial charge on any atom is 0.227 e. The second kappa shape index (κ2) is 13.2. The summed E-state index contributed by atoms with van der Waals surface area (Å²) in [4.78, 5) is 26.2. The first-order valence-corrected chi connectivity index (χ1v) is 13.0. The molecule has 1 aliphatic rings. The van der Waals surface area contributed by atoms with Crippen molar-refractivity contribution in [3.05, 3.63) is 71.5 Å². The monoisotopic (exact) mass is 503 g/mol. The second-order valence-corrected chi connectivity index (χ2v) is 9.16. The van der Waals surface area contributed by atoms with Gasteiger partial charge in [-0.25, -0.2) is 9.97 Å². The number of likely N-dealkylation sites (N-methyl/N-ethyl adjacent to an activating group) is 1. The van der Waals surface area contributed by atoms with Gasteiger partial charge in [0.2, 0.25) is 5.95 Å². The third-order valence-corrected chi connectivity index (χ3v) is 6.59. The number of carbonyl (C=O) groups is 1. The summed E-state index contributed by atoms with van der Waals surface area (Å²) in [6, 6.07) is 14.1. The zero-order chi connectivity index (χ0) is 26.0. The van der Waals surface area contributed by atoms with Crippen LogP contribution in [0.4, 0.5) is 17.3 Å². The Kier molecular flexibility index (Phi) is 9.46. The molecule has 0 amide bonds. The summed E-state index contributed by atoms with van der Waals surface area (Å²) in [5.74, 6) is 1.21. The van der Waals surface area contributed by atoms with E-state index in [9.17, 15) is 4.79 Å². The quantitative estimate of drug-likeness (QED) is 0.365. The van der Waals surface area contributed by atoms with E-state index in [1.165, 1.54) is 12.8 Å². The van der Waals surface area contributed by atoms with Gasteiger partial charge in [-0.15, -0.1) is 0 Å². The molecule has 0 aliphatic carbocycles. The van der Waals surface area contributed by atoms with Crippen molar-refractivity contribution in [3.8, 4) is 5.75 Å². The van der Waals surface area contributed by atoms with Crippen LogP contribution in [0.3, 0.4) is 0 Å². The summed E-state index contributed by atoms with van der Waals surface area (Å²) in [5.41, 5.74) is 4.87. The Balaban J connectivity index is 1.32. The van der Waals surface area contributed by atoms with Crippen molar-refractivity contribution in [1.29, 1.82) is 0 Å². The molecule has 0 atom stereocenters. The number of anilines is 3. The van der Waals surface area contributed by atoms with Crippen LogP contribution in [0, 0.1) is 0 Å². The van der Waals surface area contributed by atoms with E-state index in [2.05, 4.69) is 56.3 Å². The number of carbonyl (C=O) groups excluding carboxylic acids is 1. The normalized spacial score (nSPS) is 14.0. The molecule has 8 heteroatoms. The summed E-state index contributed by atoms with van der Waals surface area (Å²) in [5, 5.41) is 3.29. The van der Waals surface area contributed by atoms with Gasteiger partial charge < -0.3 is 24.6 Å². The molecule has 0 unspecified atom stereocenters. The molecule has 0 saturated carbocycles. The van der Waals surface area contributed by atoms with Gasteiger partial charge >= 0.3 is 0 Å². The van der Waals surface area contributed by atoms with Gasteiger partial charge in [0, 0.05) is 62.6 Å². The number of nitrogens with one attached hydrogen (secondary N) is 1. The fourth-order valence-electron chi connectivity index (χ4n) is 4.47. The highest BCUT2D eigenvalue weighted by Crippen LogP contribution is 2.22. The number of piperazine rings is 1. The first kappa shape index (κ1) is 26.6. The average Bonchev–Trinajstić information content (AvgIpc) is 2.93. The van der Waals surface area contributed by atoms with Crippen LogP contribution in [-0.2, 0) is 17.6 Å². The van der Waals surface area contributed by atoms with Gasteiger partial charge in [0.05, 0.1) is 6.61 Å². The minimum Gasteiger partial charge on any atom is -0.494 e. The van der Waals surface area contributed by atoms with Crippen LogP contribution in [0.2, 0.25) is 0 Å². The van der Waals surface area contributed by atoms with Crippen molar-refractivity contribution in [1.82, 2.24) is 14.9 Å². The number of ketones is 1. The number of methoxy groups -OCH3 is 1. The smallest absolute Gasteiger partial charge is 0.227 e. The van der Waals surface area contributed by atoms with Gasteiger partial charge in [-0.05, 0) is 79.9 Å². The molecule has 0 spiro atoms. The lowest BCUT2D eigenvalue weighted by Crippen LogP contribution is -2.46. The van der Waals surface area contributed by atoms with Crippen LogP contribution in [-0.4, -0.2) is 73.7 Å². The Hall–Kier alpha value is -3.49. The lowest BCUT2D eigenvalue weighted by atomic mass is 10.0. The van der Waals surface area contributed by atoms with Crippen molar-refractivity contribution < 1.29 is 14.3 Å². The predicted molar refractivity (Wildman–Crippen MR) is 147 cm³/mol. The molecule has 0 bridgehead atoms. The molecule has 2 aromatic carbocycles. The lowest BCUT2D eigenvalue weighted by Gasteiger charge is -2.35. The number of benzene rings is 2. The fraction of sp³-hybridized carbons (Fsp3) is 0.414. The van der Waals surface area contributed by atoms with Gasteiger partial charge in [0.15, 0.2) is 5.78 Å². The Bertz CT molecular complexity index is 1140. The molecular weight excluding hydrogens is 466 g/mol. The van der Waals surface area contributed by atoms with Crippen LogP contribution >= 0.6 is 0 Å². The van der Waals surface area contributed by atoms with Crippen molar-refractivity contribution >= 4 is 23.1 Å². The maximum atomic E-state index is 12.3. The molecule has 4 rings (SSSR count). The van der Waals surface area contributed by atoms with E-state index >= 15 is 0 Å². The van der Waals surface area contributed by atoms with Gasteiger partial charge in [0.1, 0.15) is 12.4 Å². The molecule has 37 heavy (non-hydrogen) atoms. The van der Waals surface area contributed by atoms with Gasteiger partial charge in [-0.3, -0.25) is 4.79 Å². The second-order valence-electron chi connectivity index (χ2n) is 9.16. The third-order valence-electron chi connectivity index (χ3n) is 6.59. The zero-order valence-electron chi connectivity index (χ0n) is 22.1. The molecule has 8 nitrogen and oxygen atoms in total. The third kappa shape index (κ3) is 7.50. The SMILES string of the molecule is CCOc1cc(CCc2cnc(Nc3ccc(N4CCN(CC)CC4)cc3)nc2)cc(C(=O)COC)c1. The minimum atomic E-state index is -0.0591. The van der Waals surface area contributed by atoms with Crippen LogP contribution in [0.5, 0.6) is 5.75 Å². The van der Waals surface area contributed by atoms with Crippen molar-refractivity contribution in [3.63, 3.8) is 0 Å². The lowest BCUT2D eigenvalue weighted by molar-refractivity contribution is 0.0847. The van der Waals surface area contributed by atoms with E-state index < -0.39 is 0 Å². The Morgan fingerprint density at radius 1 is 0.946 bits per heavy atom. The minimum absolute atomic E-state index is 0.0516. The maximum absolute atomic E-state index is 12.3. The molecule has 3 aromatic rings. The van der Waals surface area contributed by atoms with E-state index in [0.29, 0.717) is 23.9 Å². The molecule has 1 N–H and O–H groups in total. The highest BCUT2D eigenvalue weighted by atomic mass is 16.5. The van der Waals surface area contributed by atoms with E-state index in [1.807, 2.05) is 31.5 Å². The van der Waals surface area contributed by atoms with Crippen molar-refractivity contribution in [2.24, 2.45) is 0 Å². The number of Topliss-reactive ketones (excluding diaryl/α,β-unsaturated/α-hetero) is 1. The van der Waals surface area contributed by atoms with Crippen LogP contribution < -0.4 is 15.0 Å². The zero-order valence-corrected chi connectivity index (χ0v) is 22.1. The number of ether oxygens (including phenoxy) is 2. The number of aromatic nitrogens is 2. The number of hydrogen-bond donors (Lipinski definition) is 1. The largest absolute Gasteiger partial charge is 0.494 e. The standard InChI is InChI=1S/C29H37N5O3/c1-4-33-12-14-34(15-13-33)26-10-8-25(9-11-26)32-29-30-19-23(20-31-29)7-6-22-16-24(28(35)21-36-3)18-27(17-22)37-5-2/h8-11,16-20H,4-7,12-15,21H2,1-3H3,(H,30,31,32). The molecule has 1 aromatic heterocycles. The Morgan fingerprint density at radius 3 is 2.30 bits per heavy atom. The van der Waals surface area contributed by atoms with Crippen LogP contribution in [0.15, 0.2) is 54.9 Å². The van der Waals surface area contributed by atoms with E-state index in [1.54, 1.807) is 6.07 Å². The summed E-state index contributed by atoms with van der Waals surface area (Å²) >= 11 is 0. The van der Waals surface area contributed by atoms with Crippen LogP contribution in [0.25, 0.3) is 0 Å². The van der Waals surface area contributed by atoms with Crippen molar-refractivity contribution in [2.75, 3.05) is 63.3 Å². The number of rotatable bonds is 12. The predicted octanol–water partition coefficient (Wildman–Crippen LogP) is 4.38. The van der Waals surface area contributed by atoms with Crippen LogP contribution in [0.1, 0.15) is 35.3 Å². The summed E-state index contributed by atoms with van der Waals surface area (Å²) in [6.07, 6.45) is 5.20. The van der Waals surface area contributed by atoms with Gasteiger partial charge in [-0.2, -0.15) is 0 Å². The first-order valence-electron chi connectivity index (χ1n) is 13.0. The summed E-state index contributed by atoms with van der Waals surface area (Å²) < 4.78 is 10.7. The summed E-state index contributed by atoms with van der Waals surface area (Å²) in [6.45, 7) is 10.2. The topological polar surface area (TPSA) is 79.8 Å². The van der Waals surface area contributed by atoms with Gasteiger partial charge in [-0.1, -0.05) is 6.92 Å². The molecule has 2 heterocycles. The highest BCUT2D eigenvalue weighted by molar-refractivity contribution is 5.97. The van der Waals surface area contributed by atoms with Crippen molar-refractivity contribution in [2.45, 2.75) is 26.7 Å². The molecule has 0 radical (unpaired) electrons. The summed E-state index contributed by atoms with van der Waals surface area (Å²) in [7, 11) is 1.52. The number of aryl methyl sites for hydroxylation is 2. The Labute approximate surface area is 219 Å². The molecule has 1 fully saturated rings. The molecule has 1 aliphatic heterocycles. The molecular formula is C29H37N5O3. The van der Waals surface area contributed by atoms with E-state index in [4.69, 9.17) is 9.47 Å².